The molecule has 34 heavy (non-hydrogen) atoms. The first-order valence-electron chi connectivity index (χ1n) is 12.3. The fourth-order valence-electron chi connectivity index (χ4n) is 4.49. The van der Waals surface area contributed by atoms with E-state index in [4.69, 9.17) is 0 Å². The molecular weight excluding hydrogens is 435 g/mol. The Bertz CT molecular complexity index is 1020. The molecule has 0 radical (unpaired) electrons. The monoisotopic (exact) mass is 472 g/mol. The molecule has 2 aromatic rings. The van der Waals surface area contributed by atoms with Crippen molar-refractivity contribution >= 4 is 7.44 Å². The molecule has 1 heterocycles. The van der Waals surface area contributed by atoms with E-state index in [1.807, 2.05) is 65.9 Å². The first-order valence-corrected chi connectivity index (χ1v) is 13.9. The Hall–Kier alpha value is -2.55. The molecule has 3 rings (SSSR count). The van der Waals surface area contributed by atoms with Gasteiger partial charge in [0, 0.05) is 19.3 Å². The van der Waals surface area contributed by atoms with Gasteiger partial charge < -0.3 is 0 Å². The fourth-order valence-corrected chi connectivity index (χ4v) is 6.76. The van der Waals surface area contributed by atoms with Gasteiger partial charge in [-0.25, -0.2) is 9.34 Å². The van der Waals surface area contributed by atoms with Crippen LogP contribution in [-0.2, 0) is 4.57 Å². The molecule has 0 unspecified atom stereocenters. The molecular formula is C30H37N2OP. The highest BCUT2D eigenvalue weighted by molar-refractivity contribution is 7.64. The van der Waals surface area contributed by atoms with Crippen molar-refractivity contribution in [1.29, 1.82) is 0 Å². The summed E-state index contributed by atoms with van der Waals surface area (Å²) < 4.78 is 18.2. The topological polar surface area (TPSA) is 23.6 Å². The maximum Gasteiger partial charge on any atom is 0.288 e. The van der Waals surface area contributed by atoms with Gasteiger partial charge >= 0.3 is 0 Å². The SMILES string of the molecule is C=CCCCCC#CCCCCC#CP1(=O)N(C)[C@H](c2ccccc2)[C@@H](c2ccccc2)N1C. The maximum absolute atomic E-state index is 14.2. The van der Waals surface area contributed by atoms with Crippen molar-refractivity contribution in [3.63, 3.8) is 0 Å². The highest BCUT2D eigenvalue weighted by atomic mass is 31.2. The molecule has 0 aromatic heterocycles. The summed E-state index contributed by atoms with van der Waals surface area (Å²) in [6.45, 7) is 3.75. The van der Waals surface area contributed by atoms with Crippen molar-refractivity contribution in [2.75, 3.05) is 14.1 Å². The standard InChI is InChI=1S/C30H37N2OP/c1-4-5-6-7-8-9-10-11-12-13-14-21-26-34(33)31(2)29(27-22-17-15-18-23-27)30(32(34)3)28-24-19-16-20-25-28/h4,15-20,22-25,29-30H,1,5-8,11-14H2,2-3H3/t29-,30-/m1/s1. The minimum absolute atomic E-state index is 0.0181. The molecule has 0 saturated carbocycles. The van der Waals surface area contributed by atoms with E-state index in [9.17, 15) is 4.57 Å². The third-order valence-corrected chi connectivity index (χ3v) is 9.06. The number of allylic oxidation sites excluding steroid dienone is 1. The number of nitrogens with zero attached hydrogens (tertiary/aromatic N) is 2. The van der Waals surface area contributed by atoms with E-state index in [0.29, 0.717) is 0 Å². The van der Waals surface area contributed by atoms with Gasteiger partial charge in [0.1, 0.15) is 0 Å². The van der Waals surface area contributed by atoms with Gasteiger partial charge in [-0.15, -0.1) is 18.4 Å². The summed E-state index contributed by atoms with van der Waals surface area (Å²) in [7, 11) is 0.907. The van der Waals surface area contributed by atoms with Crippen molar-refractivity contribution in [1.82, 2.24) is 9.34 Å². The van der Waals surface area contributed by atoms with E-state index in [0.717, 1.165) is 56.1 Å². The normalized spacial score (nSPS) is 19.6. The molecule has 0 N–H and O–H groups in total. The summed E-state index contributed by atoms with van der Waals surface area (Å²) in [5, 5.41) is 0. The second-order valence-corrected chi connectivity index (χ2v) is 11.4. The fraction of sp³-hybridized carbons (Fsp3) is 0.400. The molecule has 1 saturated heterocycles. The molecule has 0 spiro atoms. The summed E-state index contributed by atoms with van der Waals surface area (Å²) in [6, 6.07) is 20.7. The van der Waals surface area contributed by atoms with Crippen LogP contribution in [-0.4, -0.2) is 23.4 Å². The van der Waals surface area contributed by atoms with Gasteiger partial charge in [0.15, 0.2) is 0 Å². The van der Waals surface area contributed by atoms with Crippen molar-refractivity contribution in [2.24, 2.45) is 0 Å². The summed E-state index contributed by atoms with van der Waals surface area (Å²) in [4.78, 5) is 0. The van der Waals surface area contributed by atoms with E-state index in [1.54, 1.807) is 0 Å². The number of hydrogen-bond donors (Lipinski definition) is 0. The van der Waals surface area contributed by atoms with Crippen LogP contribution in [0.3, 0.4) is 0 Å². The van der Waals surface area contributed by atoms with Crippen LogP contribution in [0.5, 0.6) is 0 Å². The van der Waals surface area contributed by atoms with Crippen LogP contribution in [0.25, 0.3) is 0 Å². The second kappa shape index (κ2) is 13.4. The summed E-state index contributed by atoms with van der Waals surface area (Å²) >= 11 is 0. The zero-order chi connectivity index (χ0) is 24.2. The Morgan fingerprint density at radius 3 is 1.68 bits per heavy atom. The van der Waals surface area contributed by atoms with Crippen LogP contribution in [0.15, 0.2) is 73.3 Å². The highest BCUT2D eigenvalue weighted by Crippen LogP contribution is 2.67. The van der Waals surface area contributed by atoms with Crippen molar-refractivity contribution < 1.29 is 4.57 Å². The maximum atomic E-state index is 14.2. The van der Waals surface area contributed by atoms with Gasteiger partial charge in [-0.1, -0.05) is 72.7 Å². The molecule has 1 fully saturated rings. The predicted octanol–water partition coefficient (Wildman–Crippen LogP) is 7.81. The Morgan fingerprint density at radius 1 is 0.765 bits per heavy atom. The largest absolute Gasteiger partial charge is 0.288 e. The molecule has 0 amide bonds. The van der Waals surface area contributed by atoms with Crippen LogP contribution in [0.4, 0.5) is 0 Å². The number of likely N-dealkylation sites (N-methyl/N-ethyl adjacent to an activating group) is 2. The quantitative estimate of drug-likeness (QED) is 0.161. The van der Waals surface area contributed by atoms with E-state index < -0.39 is 7.44 Å². The van der Waals surface area contributed by atoms with E-state index >= 15 is 0 Å². The first kappa shape index (κ1) is 26.1. The van der Waals surface area contributed by atoms with E-state index in [1.165, 1.54) is 6.42 Å². The lowest BCUT2D eigenvalue weighted by Crippen LogP contribution is -2.20. The molecule has 0 aliphatic carbocycles. The predicted molar refractivity (Wildman–Crippen MR) is 144 cm³/mol. The molecule has 2 aromatic carbocycles. The summed E-state index contributed by atoms with van der Waals surface area (Å²) in [5.74, 6) is 9.77. The second-order valence-electron chi connectivity index (χ2n) is 8.79. The van der Waals surface area contributed by atoms with Gasteiger partial charge in [-0.3, -0.25) is 4.57 Å². The smallest absolute Gasteiger partial charge is 0.274 e. The molecule has 2 atom stereocenters. The third-order valence-electron chi connectivity index (χ3n) is 6.40. The molecule has 1 aliphatic heterocycles. The Kier molecular flexibility index (Phi) is 10.2. The first-order chi connectivity index (χ1) is 16.6. The molecule has 3 nitrogen and oxygen atoms in total. The molecule has 178 valence electrons. The van der Waals surface area contributed by atoms with Gasteiger partial charge in [-0.05, 0) is 63.0 Å². The van der Waals surface area contributed by atoms with Crippen molar-refractivity contribution in [3.05, 3.63) is 84.4 Å². The van der Waals surface area contributed by atoms with E-state index in [2.05, 4.69) is 54.3 Å². The Morgan fingerprint density at radius 2 is 1.21 bits per heavy atom. The average molecular weight is 473 g/mol. The van der Waals surface area contributed by atoms with E-state index in [-0.39, 0.29) is 12.1 Å². The number of rotatable bonds is 9. The summed E-state index contributed by atoms with van der Waals surface area (Å²) in [5.41, 5.74) is 5.52. The van der Waals surface area contributed by atoms with Gasteiger partial charge in [-0.2, -0.15) is 0 Å². The van der Waals surface area contributed by atoms with Gasteiger partial charge in [0.05, 0.1) is 12.1 Å². The van der Waals surface area contributed by atoms with Crippen LogP contribution in [0, 0.1) is 23.4 Å². The minimum atomic E-state index is -3.00. The lowest BCUT2D eigenvalue weighted by Gasteiger charge is -2.25. The lowest BCUT2D eigenvalue weighted by atomic mass is 9.93. The third kappa shape index (κ3) is 6.52. The van der Waals surface area contributed by atoms with Crippen LogP contribution >= 0.6 is 7.44 Å². The average Bonchev–Trinajstić information content (AvgIpc) is 3.07. The van der Waals surface area contributed by atoms with Crippen molar-refractivity contribution in [3.8, 4) is 23.4 Å². The zero-order valence-corrected chi connectivity index (χ0v) is 21.5. The Balaban J connectivity index is 1.63. The minimum Gasteiger partial charge on any atom is -0.274 e. The highest BCUT2D eigenvalue weighted by Gasteiger charge is 2.51. The molecule has 1 aliphatic rings. The van der Waals surface area contributed by atoms with Crippen LogP contribution < -0.4 is 0 Å². The number of unbranched alkanes of at least 4 members (excludes halogenated alkanes) is 6. The lowest BCUT2D eigenvalue weighted by molar-refractivity contribution is 0.316. The van der Waals surface area contributed by atoms with Gasteiger partial charge in [0.25, 0.3) is 7.44 Å². The molecule has 0 bridgehead atoms. The van der Waals surface area contributed by atoms with Crippen LogP contribution in [0.2, 0.25) is 0 Å². The van der Waals surface area contributed by atoms with Crippen LogP contribution in [0.1, 0.15) is 74.6 Å². The zero-order valence-electron chi connectivity index (χ0n) is 20.6. The summed E-state index contributed by atoms with van der Waals surface area (Å²) in [6.07, 6.45) is 10.0. The van der Waals surface area contributed by atoms with Crippen molar-refractivity contribution in [2.45, 2.75) is 63.5 Å². The number of benzene rings is 2. The Labute approximate surface area is 206 Å². The number of hydrogen-bond acceptors (Lipinski definition) is 1. The molecule has 4 heteroatoms. The van der Waals surface area contributed by atoms with Gasteiger partial charge in [0.2, 0.25) is 0 Å².